The van der Waals surface area contributed by atoms with E-state index in [1.54, 1.807) is 25.0 Å². The number of carbonyl (C=O) groups excluding carboxylic acids is 3. The van der Waals surface area contributed by atoms with Crippen LogP contribution in [0.1, 0.15) is 44.2 Å². The number of rotatable bonds is 14. The molecule has 0 saturated carbocycles. The van der Waals surface area contributed by atoms with Gasteiger partial charge in [0.05, 0.1) is 31.6 Å². The Morgan fingerprint density at radius 2 is 1.91 bits per heavy atom. The molecule has 0 spiro atoms. The van der Waals surface area contributed by atoms with Crippen LogP contribution in [0.2, 0.25) is 0 Å². The molecule has 0 bridgehead atoms. The lowest BCUT2D eigenvalue weighted by Crippen LogP contribution is -2.58. The highest BCUT2D eigenvalue weighted by atomic mass is 16.5. The van der Waals surface area contributed by atoms with Crippen molar-refractivity contribution < 1.29 is 28.3 Å². The lowest BCUT2D eigenvalue weighted by Gasteiger charge is -2.32. The SMILES string of the molecule is CC(N)C(=O)NC(C(=O)N1CCCC1C(=NC=O)OCCCc1cccc(-c2ccco2)c1)C(C)OCc1ccccc1. The average molecular weight is 589 g/mol. The van der Waals surface area contributed by atoms with E-state index >= 15 is 0 Å². The van der Waals surface area contributed by atoms with Crippen molar-refractivity contribution in [1.29, 1.82) is 0 Å². The molecule has 3 amide bonds. The van der Waals surface area contributed by atoms with Gasteiger partial charge in [-0.2, -0.15) is 4.99 Å². The minimum absolute atomic E-state index is 0.195. The summed E-state index contributed by atoms with van der Waals surface area (Å²) in [4.78, 5) is 43.5. The molecule has 1 aliphatic heterocycles. The lowest BCUT2D eigenvalue weighted by atomic mass is 10.1. The van der Waals surface area contributed by atoms with Gasteiger partial charge in [0.25, 0.3) is 0 Å². The van der Waals surface area contributed by atoms with E-state index in [9.17, 15) is 14.4 Å². The van der Waals surface area contributed by atoms with Crippen LogP contribution in [0.4, 0.5) is 0 Å². The van der Waals surface area contributed by atoms with Crippen molar-refractivity contribution in [2.45, 2.75) is 70.4 Å². The Kier molecular flexibility index (Phi) is 11.6. The van der Waals surface area contributed by atoms with Crippen LogP contribution in [0.25, 0.3) is 11.3 Å². The maximum absolute atomic E-state index is 13.9. The fraction of sp³-hybridized carbons (Fsp3) is 0.394. The van der Waals surface area contributed by atoms with Gasteiger partial charge in [0.2, 0.25) is 24.1 Å². The van der Waals surface area contributed by atoms with Gasteiger partial charge in [0.15, 0.2) is 0 Å². The Balaban J connectivity index is 1.39. The Morgan fingerprint density at radius 1 is 1.12 bits per heavy atom. The fourth-order valence-electron chi connectivity index (χ4n) is 5.08. The first-order valence-electron chi connectivity index (χ1n) is 14.7. The van der Waals surface area contributed by atoms with Gasteiger partial charge < -0.3 is 29.8 Å². The van der Waals surface area contributed by atoms with E-state index in [-0.39, 0.29) is 18.4 Å². The fourth-order valence-corrected chi connectivity index (χ4v) is 5.08. The predicted octanol–water partition coefficient (Wildman–Crippen LogP) is 3.88. The van der Waals surface area contributed by atoms with E-state index in [2.05, 4.69) is 16.4 Å². The van der Waals surface area contributed by atoms with Gasteiger partial charge in [-0.3, -0.25) is 14.4 Å². The van der Waals surface area contributed by atoms with Gasteiger partial charge in [-0.1, -0.05) is 48.5 Å². The molecule has 1 aromatic heterocycles. The predicted molar refractivity (Wildman–Crippen MR) is 163 cm³/mol. The van der Waals surface area contributed by atoms with E-state index in [4.69, 9.17) is 19.6 Å². The molecule has 2 heterocycles. The van der Waals surface area contributed by atoms with Crippen molar-refractivity contribution in [1.82, 2.24) is 10.2 Å². The molecular weight excluding hydrogens is 548 g/mol. The molecule has 2 aromatic carbocycles. The second-order valence-corrected chi connectivity index (χ2v) is 10.7. The van der Waals surface area contributed by atoms with Crippen LogP contribution >= 0.6 is 0 Å². The van der Waals surface area contributed by atoms with Crippen LogP contribution in [0.3, 0.4) is 0 Å². The van der Waals surface area contributed by atoms with Gasteiger partial charge >= 0.3 is 0 Å². The molecule has 0 radical (unpaired) electrons. The molecular formula is C33H40N4O6. The van der Waals surface area contributed by atoms with Gasteiger partial charge in [0, 0.05) is 12.1 Å². The minimum Gasteiger partial charge on any atom is -0.479 e. The number of hydrogen-bond donors (Lipinski definition) is 2. The van der Waals surface area contributed by atoms with Gasteiger partial charge in [-0.15, -0.1) is 0 Å². The number of amides is 3. The molecule has 10 nitrogen and oxygen atoms in total. The highest BCUT2D eigenvalue weighted by Crippen LogP contribution is 2.23. The minimum atomic E-state index is -0.985. The zero-order chi connectivity index (χ0) is 30.6. The highest BCUT2D eigenvalue weighted by molar-refractivity contribution is 5.95. The number of ether oxygens (including phenoxy) is 2. The van der Waals surface area contributed by atoms with Crippen LogP contribution < -0.4 is 11.1 Å². The number of hydrogen-bond acceptors (Lipinski definition) is 7. The Labute approximate surface area is 252 Å². The van der Waals surface area contributed by atoms with Crippen molar-refractivity contribution in [2.24, 2.45) is 10.7 Å². The summed E-state index contributed by atoms with van der Waals surface area (Å²) in [6.45, 7) is 4.32. The summed E-state index contributed by atoms with van der Waals surface area (Å²) >= 11 is 0. The maximum atomic E-state index is 13.9. The van der Waals surface area contributed by atoms with E-state index < -0.39 is 30.1 Å². The molecule has 10 heteroatoms. The number of carbonyl (C=O) groups is 3. The van der Waals surface area contributed by atoms with E-state index in [1.165, 1.54) is 0 Å². The third-order valence-electron chi connectivity index (χ3n) is 7.40. The van der Waals surface area contributed by atoms with Crippen molar-refractivity contribution in [3.8, 4) is 11.3 Å². The third kappa shape index (κ3) is 8.86. The average Bonchev–Trinajstić information content (AvgIpc) is 3.74. The second kappa shape index (κ2) is 15.8. The topological polar surface area (TPSA) is 136 Å². The van der Waals surface area contributed by atoms with Crippen molar-refractivity contribution in [2.75, 3.05) is 13.2 Å². The number of nitrogens with zero attached hydrogens (tertiary/aromatic N) is 2. The standard InChI is InChI=1S/C33H40N4O6/c1-23(34)31(39)36-30(24(2)43-21-26-10-4-3-5-11-26)33(40)37-17-7-15-28(37)32(35-22-38)42-19-8-13-25-12-6-14-27(20-25)29-16-9-18-41-29/h3-6,9-12,14,16,18,20,22-24,28,30H,7-8,13,15,17,19,21,34H2,1-2H3,(H,36,39). The van der Waals surface area contributed by atoms with Gasteiger partial charge in [-0.25, -0.2) is 0 Å². The molecule has 3 N–H and O–H groups in total. The van der Waals surface area contributed by atoms with Crippen LogP contribution in [0, 0.1) is 0 Å². The second-order valence-electron chi connectivity index (χ2n) is 10.7. The smallest absolute Gasteiger partial charge is 0.248 e. The summed E-state index contributed by atoms with van der Waals surface area (Å²) < 4.78 is 17.5. The summed E-state index contributed by atoms with van der Waals surface area (Å²) in [5, 5.41) is 2.77. The molecule has 1 aliphatic rings. The number of likely N-dealkylation sites (tertiary alicyclic amines) is 1. The van der Waals surface area contributed by atoms with Crippen molar-refractivity contribution in [3.05, 3.63) is 84.1 Å². The quantitative estimate of drug-likeness (QED) is 0.126. The lowest BCUT2D eigenvalue weighted by molar-refractivity contribution is -0.141. The van der Waals surface area contributed by atoms with Crippen LogP contribution in [0.15, 0.2) is 82.4 Å². The molecule has 4 rings (SSSR count). The number of furan rings is 1. The summed E-state index contributed by atoms with van der Waals surface area (Å²) in [6, 6.07) is 19.1. The van der Waals surface area contributed by atoms with Gasteiger partial charge in [-0.05, 0) is 68.9 Å². The summed E-state index contributed by atoms with van der Waals surface area (Å²) in [6.07, 6.45) is 4.13. The Hall–Kier alpha value is -4.28. The number of nitrogens with two attached hydrogens (primary N) is 1. The van der Waals surface area contributed by atoms with Crippen LogP contribution in [-0.4, -0.2) is 66.4 Å². The number of aryl methyl sites for hydroxylation is 1. The first-order valence-corrected chi connectivity index (χ1v) is 14.7. The number of benzene rings is 2. The zero-order valence-corrected chi connectivity index (χ0v) is 24.7. The monoisotopic (exact) mass is 588 g/mol. The molecule has 4 unspecified atom stereocenters. The number of nitrogens with one attached hydrogen (secondary N) is 1. The molecule has 4 atom stereocenters. The summed E-state index contributed by atoms with van der Waals surface area (Å²) in [7, 11) is 0. The molecule has 43 heavy (non-hydrogen) atoms. The van der Waals surface area contributed by atoms with Crippen molar-refractivity contribution in [3.63, 3.8) is 0 Å². The molecule has 3 aromatic rings. The third-order valence-corrected chi connectivity index (χ3v) is 7.40. The van der Waals surface area contributed by atoms with Gasteiger partial charge in [0.1, 0.15) is 17.8 Å². The van der Waals surface area contributed by atoms with Crippen LogP contribution in [-0.2, 0) is 36.9 Å². The summed E-state index contributed by atoms with van der Waals surface area (Å²) in [5.74, 6) is 0.201. The number of aliphatic imine (C=N–C) groups is 1. The van der Waals surface area contributed by atoms with Crippen molar-refractivity contribution >= 4 is 24.1 Å². The first kappa shape index (κ1) is 31.7. The molecule has 228 valence electrons. The van der Waals surface area contributed by atoms with Crippen LogP contribution in [0.5, 0.6) is 0 Å². The zero-order valence-electron chi connectivity index (χ0n) is 24.7. The Bertz CT molecular complexity index is 1360. The maximum Gasteiger partial charge on any atom is 0.248 e. The molecule has 0 aliphatic carbocycles. The first-order chi connectivity index (χ1) is 20.9. The highest BCUT2D eigenvalue weighted by Gasteiger charge is 2.40. The van der Waals surface area contributed by atoms with E-state index in [1.807, 2.05) is 60.7 Å². The summed E-state index contributed by atoms with van der Waals surface area (Å²) in [5.41, 5.74) is 8.87. The normalized spacial score (nSPS) is 17.2. The molecule has 1 saturated heterocycles. The van der Waals surface area contributed by atoms with E-state index in [0.29, 0.717) is 38.8 Å². The largest absolute Gasteiger partial charge is 0.479 e. The molecule has 1 fully saturated rings. The van der Waals surface area contributed by atoms with E-state index in [0.717, 1.165) is 28.9 Å². The Morgan fingerprint density at radius 3 is 2.63 bits per heavy atom.